The Bertz CT molecular complexity index is 156. The number of ether oxygens (including phenoxy) is 1. The lowest BCUT2D eigenvalue weighted by Gasteiger charge is -2.58. The van der Waals surface area contributed by atoms with Crippen molar-refractivity contribution in [1.82, 2.24) is 4.90 Å². The first-order chi connectivity index (χ1) is 6.74. The Morgan fingerprint density at radius 1 is 1.29 bits per heavy atom. The van der Waals surface area contributed by atoms with Crippen LogP contribution in [0, 0.1) is 11.3 Å². The van der Waals surface area contributed by atoms with Gasteiger partial charge in [0.05, 0.1) is 6.61 Å². The lowest BCUT2D eigenvalue weighted by Crippen LogP contribution is -2.62. The van der Waals surface area contributed by atoms with E-state index in [0.717, 1.165) is 24.5 Å². The molecule has 84 valence electrons. The summed E-state index contributed by atoms with van der Waals surface area (Å²) < 4.78 is 5.05. The Hall–Kier alpha value is -0.0800. The maximum absolute atomic E-state index is 5.05. The fourth-order valence-electron chi connectivity index (χ4n) is 2.96. The van der Waals surface area contributed by atoms with Gasteiger partial charge in [0.15, 0.2) is 0 Å². The first-order valence-corrected chi connectivity index (χ1v) is 5.95. The molecule has 2 rings (SSSR count). The van der Waals surface area contributed by atoms with Crippen LogP contribution in [0.1, 0.15) is 33.6 Å². The molecule has 1 aliphatic heterocycles. The molecule has 0 aromatic rings. The number of hydrogen-bond acceptors (Lipinski definition) is 2. The van der Waals surface area contributed by atoms with E-state index in [0.29, 0.717) is 0 Å². The summed E-state index contributed by atoms with van der Waals surface area (Å²) in [6.45, 7) is 11.1. The van der Waals surface area contributed by atoms with Crippen molar-refractivity contribution < 1.29 is 4.74 Å². The number of methoxy groups -OCH3 is 1. The van der Waals surface area contributed by atoms with E-state index in [2.05, 4.69) is 11.8 Å². The molecule has 1 heterocycles. The molecule has 0 amide bonds. The molecule has 1 saturated carbocycles. The summed E-state index contributed by atoms with van der Waals surface area (Å²) in [4.78, 5) is 2.51. The van der Waals surface area contributed by atoms with Gasteiger partial charge < -0.3 is 4.74 Å². The Kier molecular flexibility index (Phi) is 4.39. The van der Waals surface area contributed by atoms with Gasteiger partial charge in [-0.25, -0.2) is 0 Å². The average Bonchev–Trinajstić information content (AvgIpc) is 2.10. The molecular formula is C12H25NO. The molecular weight excluding hydrogens is 174 g/mol. The van der Waals surface area contributed by atoms with E-state index in [1.165, 1.54) is 25.9 Å². The summed E-state index contributed by atoms with van der Waals surface area (Å²) in [6, 6.07) is 0. The van der Waals surface area contributed by atoms with E-state index < -0.39 is 0 Å². The maximum Gasteiger partial charge on any atom is 0.0589 e. The van der Waals surface area contributed by atoms with Crippen LogP contribution < -0.4 is 0 Å². The third-order valence-electron chi connectivity index (χ3n) is 3.29. The Labute approximate surface area is 88.6 Å². The van der Waals surface area contributed by atoms with Crippen LogP contribution >= 0.6 is 0 Å². The van der Waals surface area contributed by atoms with Gasteiger partial charge in [0.25, 0.3) is 0 Å². The predicted octanol–water partition coefficient (Wildman–Crippen LogP) is 2.39. The lowest BCUT2D eigenvalue weighted by atomic mass is 9.58. The number of hydrogen-bond donors (Lipinski definition) is 0. The number of likely N-dealkylation sites (tertiary alicyclic amines) is 1. The molecule has 0 aromatic carbocycles. The van der Waals surface area contributed by atoms with Crippen LogP contribution in [0.4, 0.5) is 0 Å². The molecule has 2 heteroatoms. The van der Waals surface area contributed by atoms with Gasteiger partial charge in [0, 0.05) is 26.7 Å². The topological polar surface area (TPSA) is 12.5 Å². The molecule has 1 aliphatic carbocycles. The van der Waals surface area contributed by atoms with Crippen LogP contribution in [-0.4, -0.2) is 38.3 Å². The van der Waals surface area contributed by atoms with Crippen molar-refractivity contribution in [2.75, 3.05) is 33.4 Å². The molecule has 0 aromatic heterocycles. The molecule has 1 saturated heterocycles. The minimum absolute atomic E-state index is 0.757. The third-order valence-corrected chi connectivity index (χ3v) is 3.29. The monoisotopic (exact) mass is 199 g/mol. The van der Waals surface area contributed by atoms with Gasteiger partial charge in [0.1, 0.15) is 0 Å². The van der Waals surface area contributed by atoms with Crippen LogP contribution in [0.3, 0.4) is 0 Å². The average molecular weight is 199 g/mol. The highest BCUT2D eigenvalue weighted by atomic mass is 16.5. The summed E-state index contributed by atoms with van der Waals surface area (Å²) in [5.41, 5.74) is 0.757. The highest BCUT2D eigenvalue weighted by molar-refractivity contribution is 5.02. The normalized spacial score (nSPS) is 24.9. The maximum atomic E-state index is 5.05. The van der Waals surface area contributed by atoms with Crippen molar-refractivity contribution in [1.29, 1.82) is 0 Å². The quantitative estimate of drug-likeness (QED) is 0.692. The fourth-order valence-corrected chi connectivity index (χ4v) is 2.96. The summed E-state index contributed by atoms with van der Waals surface area (Å²) in [6.07, 6.45) is 2.94. The van der Waals surface area contributed by atoms with Gasteiger partial charge in [-0.3, -0.25) is 4.90 Å². The number of nitrogens with zero attached hydrogens (tertiary/aromatic N) is 1. The molecule has 0 unspecified atom stereocenters. The summed E-state index contributed by atoms with van der Waals surface area (Å²) in [7, 11) is 1.78. The van der Waals surface area contributed by atoms with Crippen molar-refractivity contribution in [3.05, 3.63) is 0 Å². The van der Waals surface area contributed by atoms with Gasteiger partial charge in [-0.15, -0.1) is 0 Å². The van der Waals surface area contributed by atoms with Gasteiger partial charge in [0.2, 0.25) is 0 Å². The van der Waals surface area contributed by atoms with Crippen LogP contribution in [-0.2, 0) is 4.74 Å². The van der Waals surface area contributed by atoms with Crippen molar-refractivity contribution in [2.45, 2.75) is 33.6 Å². The standard InChI is InChI=1S/C10H19NO.C2H6/c1-9-5-10(6-9)7-11(8-10)3-4-12-2;1-2/h9H,3-8H2,1-2H3;1-2H3. The minimum Gasteiger partial charge on any atom is -0.383 e. The van der Waals surface area contributed by atoms with E-state index in [9.17, 15) is 0 Å². The highest BCUT2D eigenvalue weighted by Crippen LogP contribution is 2.51. The summed E-state index contributed by atoms with van der Waals surface area (Å²) in [5.74, 6) is 0.995. The van der Waals surface area contributed by atoms with E-state index in [1.54, 1.807) is 7.11 Å². The fraction of sp³-hybridized carbons (Fsp3) is 1.00. The summed E-state index contributed by atoms with van der Waals surface area (Å²) >= 11 is 0. The minimum atomic E-state index is 0.757. The van der Waals surface area contributed by atoms with Crippen molar-refractivity contribution >= 4 is 0 Å². The molecule has 14 heavy (non-hydrogen) atoms. The second-order valence-corrected chi connectivity index (χ2v) is 4.72. The smallest absolute Gasteiger partial charge is 0.0589 e. The zero-order valence-corrected chi connectivity index (χ0v) is 10.2. The van der Waals surface area contributed by atoms with Crippen LogP contribution in [0.5, 0.6) is 0 Å². The lowest BCUT2D eigenvalue weighted by molar-refractivity contribution is -0.0943. The van der Waals surface area contributed by atoms with Crippen molar-refractivity contribution in [3.63, 3.8) is 0 Å². The first kappa shape index (κ1) is 12.0. The molecule has 0 bridgehead atoms. The molecule has 0 atom stereocenters. The van der Waals surface area contributed by atoms with Gasteiger partial charge in [-0.1, -0.05) is 20.8 Å². The molecule has 0 radical (unpaired) electrons. The largest absolute Gasteiger partial charge is 0.383 e. The number of rotatable bonds is 3. The molecule has 2 aliphatic rings. The van der Waals surface area contributed by atoms with Crippen LogP contribution in [0.25, 0.3) is 0 Å². The summed E-state index contributed by atoms with van der Waals surface area (Å²) in [5, 5.41) is 0. The second-order valence-electron chi connectivity index (χ2n) is 4.72. The van der Waals surface area contributed by atoms with E-state index >= 15 is 0 Å². The Morgan fingerprint density at radius 3 is 2.29 bits per heavy atom. The molecule has 0 N–H and O–H groups in total. The van der Waals surface area contributed by atoms with Gasteiger partial charge in [-0.05, 0) is 24.2 Å². The predicted molar refractivity (Wildman–Crippen MR) is 60.5 cm³/mol. The zero-order chi connectivity index (χ0) is 10.6. The van der Waals surface area contributed by atoms with Crippen LogP contribution in [0.2, 0.25) is 0 Å². The van der Waals surface area contributed by atoms with E-state index in [-0.39, 0.29) is 0 Å². The highest BCUT2D eigenvalue weighted by Gasteiger charge is 2.50. The molecule has 2 nitrogen and oxygen atoms in total. The van der Waals surface area contributed by atoms with E-state index in [4.69, 9.17) is 4.74 Å². The van der Waals surface area contributed by atoms with Crippen LogP contribution in [0.15, 0.2) is 0 Å². The van der Waals surface area contributed by atoms with Crippen molar-refractivity contribution in [2.24, 2.45) is 11.3 Å². The first-order valence-electron chi connectivity index (χ1n) is 5.95. The molecule has 1 spiro atoms. The van der Waals surface area contributed by atoms with Gasteiger partial charge >= 0.3 is 0 Å². The van der Waals surface area contributed by atoms with E-state index in [1.807, 2.05) is 13.8 Å². The third kappa shape index (κ3) is 2.48. The molecule has 2 fully saturated rings. The second kappa shape index (κ2) is 5.13. The zero-order valence-electron chi connectivity index (χ0n) is 10.2. The van der Waals surface area contributed by atoms with Gasteiger partial charge in [-0.2, -0.15) is 0 Å². The van der Waals surface area contributed by atoms with Crippen molar-refractivity contribution in [3.8, 4) is 0 Å². The SMILES string of the molecule is CC.COCCN1CC2(CC(C)C2)C1. The Morgan fingerprint density at radius 2 is 1.86 bits per heavy atom. The Balaban J connectivity index is 0.000000461.